The summed E-state index contributed by atoms with van der Waals surface area (Å²) in [5, 5.41) is 3.82. The van der Waals surface area contributed by atoms with E-state index in [1.807, 2.05) is 0 Å². The molecule has 128 valence electrons. The van der Waals surface area contributed by atoms with Gasteiger partial charge in [-0.05, 0) is 47.5 Å². The molecule has 0 saturated heterocycles. The van der Waals surface area contributed by atoms with Crippen molar-refractivity contribution in [2.45, 2.75) is 6.42 Å². The van der Waals surface area contributed by atoms with E-state index in [0.29, 0.717) is 17.1 Å². The molecule has 0 fully saturated rings. The summed E-state index contributed by atoms with van der Waals surface area (Å²) in [6, 6.07) is 13.2. The Hall–Kier alpha value is -3.15. The highest BCUT2D eigenvalue weighted by Gasteiger charge is 2.31. The minimum atomic E-state index is -0.326. The number of methoxy groups -OCH3 is 1. The molecule has 6 heteroatoms. The smallest absolute Gasteiger partial charge is 0.236 e. The van der Waals surface area contributed by atoms with Gasteiger partial charge in [0.25, 0.3) is 0 Å². The largest absolute Gasteiger partial charge is 0.497 e. The van der Waals surface area contributed by atoms with E-state index < -0.39 is 0 Å². The van der Waals surface area contributed by atoms with Gasteiger partial charge in [-0.2, -0.15) is 0 Å². The average molecular weight is 340 g/mol. The zero-order valence-corrected chi connectivity index (χ0v) is 13.9. The minimum absolute atomic E-state index is 0.0953. The number of nitrogens with zero attached hydrogens (tertiary/aromatic N) is 2. The molecule has 0 radical (unpaired) electrons. The maximum Gasteiger partial charge on any atom is 0.236 e. The highest BCUT2D eigenvalue weighted by molar-refractivity contribution is 6.17. The van der Waals surface area contributed by atoms with Crippen LogP contribution in [0.4, 0.5) is 10.1 Å². The number of halogens is 1. The average Bonchev–Trinajstić information content (AvgIpc) is 2.97. The number of carbonyl (C=O) groups excluding carboxylic acids is 1. The van der Waals surface area contributed by atoms with Crippen LogP contribution in [-0.4, -0.2) is 26.3 Å². The van der Waals surface area contributed by atoms with Crippen LogP contribution < -0.4 is 9.64 Å². The summed E-state index contributed by atoms with van der Waals surface area (Å²) in [4.78, 5) is 19.0. The Morgan fingerprint density at radius 3 is 2.36 bits per heavy atom. The summed E-state index contributed by atoms with van der Waals surface area (Å²) in [7, 11) is 3.02. The summed E-state index contributed by atoms with van der Waals surface area (Å²) in [5.74, 6) is 0.278. The Morgan fingerprint density at radius 2 is 1.76 bits per heavy atom. The Morgan fingerprint density at radius 1 is 1.08 bits per heavy atom. The number of ether oxygens (including phenoxy) is 1. The lowest BCUT2D eigenvalue weighted by Crippen LogP contribution is -2.25. The van der Waals surface area contributed by atoms with E-state index in [0.717, 1.165) is 11.1 Å². The van der Waals surface area contributed by atoms with Gasteiger partial charge in [0, 0.05) is 5.69 Å². The second-order valence-electron chi connectivity index (χ2n) is 5.39. The van der Waals surface area contributed by atoms with Gasteiger partial charge in [-0.25, -0.2) is 4.39 Å². The monoisotopic (exact) mass is 340 g/mol. The van der Waals surface area contributed by atoms with Crippen LogP contribution in [0.3, 0.4) is 0 Å². The minimum Gasteiger partial charge on any atom is -0.497 e. The quantitative estimate of drug-likeness (QED) is 0.617. The highest BCUT2D eigenvalue weighted by Crippen LogP contribution is 2.35. The molecule has 1 aliphatic rings. The van der Waals surface area contributed by atoms with Gasteiger partial charge in [0.2, 0.25) is 5.91 Å². The summed E-state index contributed by atoms with van der Waals surface area (Å²) in [5.41, 5.74) is 2.83. The standard InChI is InChI=1S/C19H17FN2O3/c1-24-16-9-7-15(8-10-16)22-18(12-21-25-2)17(11-19(22)23)13-3-5-14(20)6-4-13/h3-10,12H,11H2,1-2H3. The molecule has 0 aliphatic carbocycles. The molecule has 1 aliphatic heterocycles. The van der Waals surface area contributed by atoms with Gasteiger partial charge in [-0.3, -0.25) is 9.69 Å². The van der Waals surface area contributed by atoms with Crippen LogP contribution in [0.2, 0.25) is 0 Å². The van der Waals surface area contributed by atoms with E-state index in [1.165, 1.54) is 25.5 Å². The summed E-state index contributed by atoms with van der Waals surface area (Å²) in [6.07, 6.45) is 1.69. The Kier molecular flexibility index (Phi) is 4.79. The van der Waals surface area contributed by atoms with Crippen molar-refractivity contribution in [3.63, 3.8) is 0 Å². The third kappa shape index (κ3) is 3.38. The van der Waals surface area contributed by atoms with Crippen molar-refractivity contribution < 1.29 is 18.8 Å². The zero-order valence-electron chi connectivity index (χ0n) is 13.9. The molecule has 1 amide bonds. The van der Waals surface area contributed by atoms with Crippen LogP contribution in [0, 0.1) is 5.82 Å². The molecular weight excluding hydrogens is 323 g/mol. The number of carbonyl (C=O) groups is 1. The normalized spacial score (nSPS) is 14.5. The van der Waals surface area contributed by atoms with Crippen molar-refractivity contribution in [2.75, 3.05) is 19.1 Å². The van der Waals surface area contributed by atoms with Gasteiger partial charge in [0.1, 0.15) is 18.7 Å². The topological polar surface area (TPSA) is 51.1 Å². The zero-order chi connectivity index (χ0) is 17.8. The van der Waals surface area contributed by atoms with E-state index in [2.05, 4.69) is 5.16 Å². The van der Waals surface area contributed by atoms with E-state index in [4.69, 9.17) is 9.57 Å². The van der Waals surface area contributed by atoms with E-state index in [9.17, 15) is 9.18 Å². The number of benzene rings is 2. The fraction of sp³-hybridized carbons (Fsp3) is 0.158. The van der Waals surface area contributed by atoms with Crippen molar-refractivity contribution in [3.8, 4) is 5.75 Å². The van der Waals surface area contributed by atoms with Crippen molar-refractivity contribution in [2.24, 2.45) is 5.16 Å². The molecule has 2 aromatic carbocycles. The lowest BCUT2D eigenvalue weighted by Gasteiger charge is -2.18. The Balaban J connectivity index is 2.07. The first-order chi connectivity index (χ1) is 12.1. The predicted octanol–water partition coefficient (Wildman–Crippen LogP) is 3.61. The van der Waals surface area contributed by atoms with E-state index in [1.54, 1.807) is 48.4 Å². The van der Waals surface area contributed by atoms with Crippen molar-refractivity contribution in [1.82, 2.24) is 0 Å². The molecule has 0 unspecified atom stereocenters. The molecule has 1 heterocycles. The molecule has 5 nitrogen and oxygen atoms in total. The number of amides is 1. The first-order valence-electron chi connectivity index (χ1n) is 7.66. The molecule has 0 saturated carbocycles. The summed E-state index contributed by atoms with van der Waals surface area (Å²) < 4.78 is 18.4. The Labute approximate surface area is 145 Å². The summed E-state index contributed by atoms with van der Waals surface area (Å²) >= 11 is 0. The van der Waals surface area contributed by atoms with Crippen LogP contribution in [0.25, 0.3) is 5.57 Å². The molecule has 25 heavy (non-hydrogen) atoms. The molecule has 0 bridgehead atoms. The van der Waals surface area contributed by atoms with Gasteiger partial charge >= 0.3 is 0 Å². The molecular formula is C19H17FN2O3. The number of allylic oxidation sites excluding steroid dienone is 1. The van der Waals surface area contributed by atoms with Crippen molar-refractivity contribution in [3.05, 3.63) is 65.6 Å². The van der Waals surface area contributed by atoms with Crippen LogP contribution in [-0.2, 0) is 9.63 Å². The molecule has 0 atom stereocenters. The van der Waals surface area contributed by atoms with Gasteiger partial charge in [0.05, 0.1) is 25.4 Å². The van der Waals surface area contributed by atoms with Crippen LogP contribution in [0.15, 0.2) is 59.4 Å². The second kappa shape index (κ2) is 7.17. The number of anilines is 1. The molecule has 3 rings (SSSR count). The van der Waals surface area contributed by atoms with Gasteiger partial charge in [-0.1, -0.05) is 17.3 Å². The first kappa shape index (κ1) is 16.7. The maximum absolute atomic E-state index is 13.2. The third-order valence-corrected chi connectivity index (χ3v) is 3.93. The van der Waals surface area contributed by atoms with Crippen LogP contribution in [0.1, 0.15) is 12.0 Å². The number of rotatable bonds is 5. The number of hydrogen-bond acceptors (Lipinski definition) is 4. The first-order valence-corrected chi connectivity index (χ1v) is 7.66. The van der Waals surface area contributed by atoms with Crippen molar-refractivity contribution in [1.29, 1.82) is 0 Å². The molecule has 0 N–H and O–H groups in total. The lowest BCUT2D eigenvalue weighted by molar-refractivity contribution is -0.116. The van der Waals surface area contributed by atoms with E-state index >= 15 is 0 Å². The fourth-order valence-corrected chi connectivity index (χ4v) is 2.74. The van der Waals surface area contributed by atoms with Crippen molar-refractivity contribution >= 4 is 23.4 Å². The van der Waals surface area contributed by atoms with Gasteiger partial charge < -0.3 is 9.57 Å². The fourth-order valence-electron chi connectivity index (χ4n) is 2.74. The molecule has 0 spiro atoms. The van der Waals surface area contributed by atoms with Crippen LogP contribution >= 0.6 is 0 Å². The molecule has 2 aromatic rings. The number of oxime groups is 1. The third-order valence-electron chi connectivity index (χ3n) is 3.93. The van der Waals surface area contributed by atoms with Crippen LogP contribution in [0.5, 0.6) is 5.75 Å². The predicted molar refractivity (Wildman–Crippen MR) is 93.9 cm³/mol. The molecule has 0 aromatic heterocycles. The lowest BCUT2D eigenvalue weighted by atomic mass is 10.0. The highest BCUT2D eigenvalue weighted by atomic mass is 19.1. The second-order valence-corrected chi connectivity index (χ2v) is 5.39. The SMILES string of the molecule is CON=CC1=C(c2ccc(F)cc2)CC(=O)N1c1ccc(OC)cc1. The summed E-state index contributed by atoms with van der Waals surface area (Å²) in [6.45, 7) is 0. The maximum atomic E-state index is 13.2. The Bertz CT molecular complexity index is 827. The van der Waals surface area contributed by atoms with Gasteiger partial charge in [-0.15, -0.1) is 0 Å². The number of hydrogen-bond donors (Lipinski definition) is 0. The van der Waals surface area contributed by atoms with E-state index in [-0.39, 0.29) is 18.1 Å². The van der Waals surface area contributed by atoms with Gasteiger partial charge in [0.15, 0.2) is 0 Å².